The molecular weight excluding hydrogens is 486 g/mol. The zero-order valence-corrected chi connectivity index (χ0v) is 21.8. The second kappa shape index (κ2) is 10.8. The number of benzene rings is 3. The number of esters is 1. The number of rotatable bonds is 7. The lowest BCUT2D eigenvalue weighted by Crippen LogP contribution is -2.46. The van der Waals surface area contributed by atoms with Gasteiger partial charge in [-0.2, -0.15) is 0 Å². The summed E-state index contributed by atoms with van der Waals surface area (Å²) in [6.45, 7) is 8.28. The predicted octanol–water partition coefficient (Wildman–Crippen LogP) is 6.05. The number of nitrogens with zero attached hydrogens (tertiary/aromatic N) is 2. The third-order valence-electron chi connectivity index (χ3n) is 7.01. The fourth-order valence-corrected chi connectivity index (χ4v) is 5.00. The van der Waals surface area contributed by atoms with E-state index in [-0.39, 0.29) is 5.78 Å². The molecule has 190 valence electrons. The minimum absolute atomic E-state index is 0.0805. The van der Waals surface area contributed by atoms with E-state index in [9.17, 15) is 9.59 Å². The van der Waals surface area contributed by atoms with Crippen molar-refractivity contribution in [2.24, 2.45) is 0 Å². The van der Waals surface area contributed by atoms with Crippen LogP contribution in [0.3, 0.4) is 0 Å². The van der Waals surface area contributed by atoms with Gasteiger partial charge in [0, 0.05) is 66.3 Å². The van der Waals surface area contributed by atoms with Gasteiger partial charge in [-0.1, -0.05) is 29.3 Å². The fourth-order valence-electron chi connectivity index (χ4n) is 4.82. The Balaban J connectivity index is 1.12. The van der Waals surface area contributed by atoms with Crippen LogP contribution in [0.5, 0.6) is 5.75 Å². The molecule has 1 saturated heterocycles. The number of carbonyl (C=O) groups is 2. The molecule has 37 heavy (non-hydrogen) atoms. The molecule has 0 amide bonds. The third-order valence-corrected chi connectivity index (χ3v) is 7.24. The van der Waals surface area contributed by atoms with Gasteiger partial charge in [-0.25, -0.2) is 4.79 Å². The van der Waals surface area contributed by atoms with Crippen molar-refractivity contribution in [1.82, 2.24) is 9.88 Å². The quantitative estimate of drug-likeness (QED) is 0.184. The number of Topliss-reactive ketones (excluding diaryl/α,β-unsaturated/α-hetero) is 1. The Labute approximate surface area is 221 Å². The van der Waals surface area contributed by atoms with Gasteiger partial charge in [0.15, 0.2) is 5.78 Å². The number of anilines is 1. The van der Waals surface area contributed by atoms with Crippen LogP contribution in [0.25, 0.3) is 10.9 Å². The first-order valence-corrected chi connectivity index (χ1v) is 12.9. The van der Waals surface area contributed by atoms with Gasteiger partial charge in [0.05, 0.1) is 0 Å². The number of ether oxygens (including phenoxy) is 1. The van der Waals surface area contributed by atoms with Crippen LogP contribution >= 0.6 is 11.6 Å². The highest BCUT2D eigenvalue weighted by Gasteiger charge is 2.19. The third kappa shape index (κ3) is 5.71. The Kier molecular flexibility index (Phi) is 7.31. The molecule has 2 heterocycles. The maximum absolute atomic E-state index is 12.8. The Morgan fingerprint density at radius 2 is 1.70 bits per heavy atom. The fraction of sp³-hybridized carbons (Fsp3) is 0.267. The van der Waals surface area contributed by atoms with Crippen LogP contribution in [0.1, 0.15) is 38.4 Å². The zero-order chi connectivity index (χ0) is 25.9. The topological polar surface area (TPSA) is 65.6 Å². The molecule has 0 bridgehead atoms. The number of aromatic nitrogens is 1. The standard InChI is InChI=1S/C30H30ClN3O3/c1-20-6-11-27-26(18-20)21(2)29(32-27)30(36)37-25-9-7-22(8-10-25)28(35)12-13-33-14-16-34(17-15-33)24-5-3-4-23(31)19-24/h3-11,18-19,32H,12-17H2,1-2H3. The van der Waals surface area contributed by atoms with Crippen molar-refractivity contribution in [2.45, 2.75) is 20.3 Å². The summed E-state index contributed by atoms with van der Waals surface area (Å²) in [6.07, 6.45) is 0.448. The van der Waals surface area contributed by atoms with Gasteiger partial charge in [0.1, 0.15) is 11.4 Å². The Morgan fingerprint density at radius 3 is 2.43 bits per heavy atom. The zero-order valence-electron chi connectivity index (χ0n) is 21.1. The summed E-state index contributed by atoms with van der Waals surface area (Å²) < 4.78 is 5.58. The van der Waals surface area contributed by atoms with E-state index in [4.69, 9.17) is 16.3 Å². The molecule has 4 aromatic rings. The molecule has 0 saturated carbocycles. The van der Waals surface area contributed by atoms with E-state index in [1.165, 1.54) is 0 Å². The number of piperazine rings is 1. The molecule has 7 heteroatoms. The number of hydrogen-bond donors (Lipinski definition) is 1. The molecule has 1 aliphatic rings. The second-order valence-electron chi connectivity index (χ2n) is 9.57. The molecule has 1 fully saturated rings. The molecule has 0 aliphatic carbocycles. The minimum Gasteiger partial charge on any atom is -0.422 e. The lowest BCUT2D eigenvalue weighted by molar-refractivity contribution is 0.0729. The van der Waals surface area contributed by atoms with Crippen molar-refractivity contribution < 1.29 is 14.3 Å². The van der Waals surface area contributed by atoms with Gasteiger partial charge in [-0.3, -0.25) is 9.69 Å². The Bertz CT molecular complexity index is 1440. The lowest BCUT2D eigenvalue weighted by Gasteiger charge is -2.36. The highest BCUT2D eigenvalue weighted by atomic mass is 35.5. The molecule has 1 N–H and O–H groups in total. The van der Waals surface area contributed by atoms with E-state index in [1.807, 2.05) is 44.2 Å². The Morgan fingerprint density at radius 1 is 0.946 bits per heavy atom. The molecule has 0 spiro atoms. The van der Waals surface area contributed by atoms with Crippen molar-refractivity contribution in [2.75, 3.05) is 37.6 Å². The van der Waals surface area contributed by atoms with Crippen LogP contribution in [0.4, 0.5) is 5.69 Å². The first-order valence-electron chi connectivity index (χ1n) is 12.5. The molecule has 0 unspecified atom stereocenters. The number of nitrogens with one attached hydrogen (secondary N) is 1. The number of ketones is 1. The largest absolute Gasteiger partial charge is 0.422 e. The predicted molar refractivity (Wildman–Crippen MR) is 148 cm³/mol. The number of hydrogen-bond acceptors (Lipinski definition) is 5. The van der Waals surface area contributed by atoms with Crippen molar-refractivity contribution in [1.29, 1.82) is 0 Å². The van der Waals surface area contributed by atoms with Crippen molar-refractivity contribution in [3.63, 3.8) is 0 Å². The van der Waals surface area contributed by atoms with E-state index in [1.54, 1.807) is 24.3 Å². The summed E-state index contributed by atoms with van der Waals surface area (Å²) in [5.41, 5.74) is 5.10. The average Bonchev–Trinajstić information content (AvgIpc) is 3.23. The summed E-state index contributed by atoms with van der Waals surface area (Å²) in [7, 11) is 0. The number of halogens is 1. The first-order chi connectivity index (χ1) is 17.9. The van der Waals surface area contributed by atoms with Crippen LogP contribution in [-0.2, 0) is 0 Å². The van der Waals surface area contributed by atoms with E-state index in [0.717, 1.165) is 65.5 Å². The van der Waals surface area contributed by atoms with Gasteiger partial charge in [0.2, 0.25) is 0 Å². The van der Waals surface area contributed by atoms with Crippen LogP contribution in [0, 0.1) is 13.8 Å². The maximum Gasteiger partial charge on any atom is 0.360 e. The molecule has 6 nitrogen and oxygen atoms in total. The summed E-state index contributed by atoms with van der Waals surface area (Å²) >= 11 is 6.12. The summed E-state index contributed by atoms with van der Waals surface area (Å²) in [5.74, 6) is 0.0484. The number of fused-ring (bicyclic) bond motifs is 1. The smallest absolute Gasteiger partial charge is 0.360 e. The van der Waals surface area contributed by atoms with Gasteiger partial charge >= 0.3 is 5.97 Å². The maximum atomic E-state index is 12.8. The number of carbonyl (C=O) groups excluding carboxylic acids is 2. The van der Waals surface area contributed by atoms with Gasteiger partial charge in [0.25, 0.3) is 0 Å². The molecule has 0 radical (unpaired) electrons. The summed E-state index contributed by atoms with van der Waals surface area (Å²) in [5, 5.41) is 1.76. The average molecular weight is 516 g/mol. The van der Waals surface area contributed by atoms with Crippen LogP contribution < -0.4 is 9.64 Å². The summed E-state index contributed by atoms with van der Waals surface area (Å²) in [6, 6.07) is 20.8. The van der Waals surface area contributed by atoms with Crippen LogP contribution in [0.2, 0.25) is 5.02 Å². The van der Waals surface area contributed by atoms with E-state index < -0.39 is 5.97 Å². The van der Waals surface area contributed by atoms with Crippen molar-refractivity contribution in [3.8, 4) is 5.75 Å². The van der Waals surface area contributed by atoms with Gasteiger partial charge in [-0.15, -0.1) is 0 Å². The molecule has 0 atom stereocenters. The highest BCUT2D eigenvalue weighted by Crippen LogP contribution is 2.25. The van der Waals surface area contributed by atoms with Crippen LogP contribution in [0.15, 0.2) is 66.7 Å². The molecule has 3 aromatic carbocycles. The highest BCUT2D eigenvalue weighted by molar-refractivity contribution is 6.30. The molecule has 5 rings (SSSR count). The van der Waals surface area contributed by atoms with E-state index in [0.29, 0.717) is 23.4 Å². The van der Waals surface area contributed by atoms with Crippen molar-refractivity contribution >= 4 is 39.9 Å². The first kappa shape index (κ1) is 25.1. The Hall–Kier alpha value is -3.61. The number of H-pyrrole nitrogens is 1. The lowest BCUT2D eigenvalue weighted by atomic mass is 10.1. The van der Waals surface area contributed by atoms with Gasteiger partial charge in [-0.05, 0) is 74.0 Å². The molecule has 1 aromatic heterocycles. The summed E-state index contributed by atoms with van der Waals surface area (Å²) in [4.78, 5) is 33.4. The molecule has 1 aliphatic heterocycles. The van der Waals surface area contributed by atoms with E-state index >= 15 is 0 Å². The normalized spacial score (nSPS) is 14.2. The SMILES string of the molecule is Cc1ccc2[nH]c(C(=O)Oc3ccc(C(=O)CCN4CCN(c5cccc(Cl)c5)CC4)cc3)c(C)c2c1. The second-order valence-corrected chi connectivity index (χ2v) is 10.0. The number of aromatic amines is 1. The van der Waals surface area contributed by atoms with Crippen molar-refractivity contribution in [3.05, 3.63) is 94.1 Å². The molecular formula is C30H30ClN3O3. The monoisotopic (exact) mass is 515 g/mol. The van der Waals surface area contributed by atoms with E-state index in [2.05, 4.69) is 26.9 Å². The number of aryl methyl sites for hydroxylation is 2. The van der Waals surface area contributed by atoms with Crippen LogP contribution in [-0.4, -0.2) is 54.4 Å². The minimum atomic E-state index is -0.442. The van der Waals surface area contributed by atoms with Gasteiger partial charge < -0.3 is 14.6 Å².